The van der Waals surface area contributed by atoms with E-state index in [0.717, 1.165) is 26.1 Å². The van der Waals surface area contributed by atoms with Gasteiger partial charge in [-0.1, -0.05) is 6.92 Å². The predicted octanol–water partition coefficient (Wildman–Crippen LogP) is 1.21. The lowest BCUT2D eigenvalue weighted by molar-refractivity contribution is -0.143. The molecule has 2 aliphatic heterocycles. The predicted molar refractivity (Wildman–Crippen MR) is 86.5 cm³/mol. The Hall–Kier alpha value is -1.99. The van der Waals surface area contributed by atoms with Crippen molar-refractivity contribution < 1.29 is 19.4 Å². The summed E-state index contributed by atoms with van der Waals surface area (Å²) in [5.74, 6) is -1.35. The number of hydrogen-bond donors (Lipinski definition) is 1. The molecule has 1 atom stereocenters. The summed E-state index contributed by atoms with van der Waals surface area (Å²) < 4.78 is 5.91. The smallest absolute Gasteiger partial charge is 0.328 e. The zero-order valence-electron chi connectivity index (χ0n) is 13.9. The Labute approximate surface area is 141 Å². The number of carboxylic acid groups (broad SMARTS) is 1. The molecule has 0 unspecified atom stereocenters. The van der Waals surface area contributed by atoms with E-state index in [0.29, 0.717) is 18.4 Å². The molecular formula is C17H23N3O4. The molecule has 1 aromatic rings. The van der Waals surface area contributed by atoms with Crippen LogP contribution in [-0.4, -0.2) is 69.8 Å². The molecular weight excluding hydrogens is 310 g/mol. The van der Waals surface area contributed by atoms with Crippen molar-refractivity contribution in [2.75, 3.05) is 26.2 Å². The fourth-order valence-corrected chi connectivity index (χ4v) is 3.63. The number of hydrogen-bond acceptors (Lipinski definition) is 5. The summed E-state index contributed by atoms with van der Waals surface area (Å²) >= 11 is 0. The number of amides is 1. The molecule has 7 nitrogen and oxygen atoms in total. The molecule has 2 aliphatic rings. The molecule has 3 heterocycles. The molecule has 0 aliphatic carbocycles. The minimum atomic E-state index is -1.03. The van der Waals surface area contributed by atoms with E-state index in [9.17, 15) is 14.7 Å². The van der Waals surface area contributed by atoms with Crippen molar-refractivity contribution in [2.24, 2.45) is 0 Å². The van der Waals surface area contributed by atoms with Crippen LogP contribution in [0.1, 0.15) is 36.5 Å². The number of carbonyl (C=O) groups is 2. The van der Waals surface area contributed by atoms with E-state index in [4.69, 9.17) is 4.74 Å². The van der Waals surface area contributed by atoms with Crippen LogP contribution >= 0.6 is 0 Å². The number of rotatable bonds is 4. The molecule has 0 bridgehead atoms. The number of pyridine rings is 1. The first-order valence-electron chi connectivity index (χ1n) is 8.40. The summed E-state index contributed by atoms with van der Waals surface area (Å²) in [7, 11) is 0. The van der Waals surface area contributed by atoms with Crippen molar-refractivity contribution in [1.82, 2.24) is 14.8 Å². The highest BCUT2D eigenvalue weighted by molar-refractivity contribution is 5.97. The van der Waals surface area contributed by atoms with Crippen molar-refractivity contribution >= 4 is 11.9 Å². The molecule has 0 aromatic carbocycles. The third-order valence-electron chi connectivity index (χ3n) is 4.85. The van der Waals surface area contributed by atoms with Crippen LogP contribution in [0.3, 0.4) is 0 Å². The van der Waals surface area contributed by atoms with E-state index in [1.807, 2.05) is 0 Å². The van der Waals surface area contributed by atoms with Gasteiger partial charge in [-0.2, -0.15) is 0 Å². The highest BCUT2D eigenvalue weighted by Gasteiger charge is 2.53. The maximum Gasteiger partial charge on any atom is 0.328 e. The Balaban J connectivity index is 1.86. The van der Waals surface area contributed by atoms with Crippen LogP contribution in [-0.2, 0) is 9.53 Å². The average Bonchev–Trinajstić information content (AvgIpc) is 2.97. The van der Waals surface area contributed by atoms with E-state index < -0.39 is 17.7 Å². The SMILES string of the molecule is CCCN1CCC2(CC1)OC[C@@H](C(=O)O)N2C(=O)c1cccnc1. The number of aliphatic carboxylic acids is 1. The Bertz CT molecular complexity index is 599. The molecule has 1 spiro atoms. The third-order valence-corrected chi connectivity index (χ3v) is 4.85. The van der Waals surface area contributed by atoms with Gasteiger partial charge in [-0.05, 0) is 25.1 Å². The van der Waals surface area contributed by atoms with Gasteiger partial charge in [0.05, 0.1) is 12.2 Å². The molecule has 0 saturated carbocycles. The first-order chi connectivity index (χ1) is 11.6. The first-order valence-corrected chi connectivity index (χ1v) is 8.40. The molecule has 1 aromatic heterocycles. The van der Waals surface area contributed by atoms with Crippen LogP contribution in [0, 0.1) is 0 Å². The zero-order chi connectivity index (χ0) is 17.2. The Morgan fingerprint density at radius 1 is 1.42 bits per heavy atom. The fourth-order valence-electron chi connectivity index (χ4n) is 3.63. The molecule has 130 valence electrons. The van der Waals surface area contributed by atoms with E-state index in [1.165, 1.54) is 11.1 Å². The lowest BCUT2D eigenvalue weighted by Crippen LogP contribution is -2.58. The highest BCUT2D eigenvalue weighted by atomic mass is 16.5. The van der Waals surface area contributed by atoms with Gasteiger partial charge in [0.25, 0.3) is 5.91 Å². The van der Waals surface area contributed by atoms with Gasteiger partial charge in [0.2, 0.25) is 0 Å². The second-order valence-corrected chi connectivity index (χ2v) is 6.37. The Morgan fingerprint density at radius 2 is 2.17 bits per heavy atom. The van der Waals surface area contributed by atoms with E-state index in [1.54, 1.807) is 18.3 Å². The lowest BCUT2D eigenvalue weighted by atomic mass is 9.97. The van der Waals surface area contributed by atoms with Gasteiger partial charge < -0.3 is 14.7 Å². The number of aromatic nitrogens is 1. The normalized spacial score (nSPS) is 23.5. The molecule has 24 heavy (non-hydrogen) atoms. The Kier molecular flexibility index (Phi) is 4.82. The number of piperidine rings is 1. The van der Waals surface area contributed by atoms with Gasteiger partial charge in [0.1, 0.15) is 5.72 Å². The van der Waals surface area contributed by atoms with E-state index in [-0.39, 0.29) is 12.5 Å². The summed E-state index contributed by atoms with van der Waals surface area (Å²) in [6, 6.07) is 2.39. The minimum absolute atomic E-state index is 0.0368. The molecule has 2 saturated heterocycles. The monoisotopic (exact) mass is 333 g/mol. The summed E-state index contributed by atoms with van der Waals surface area (Å²) in [6.45, 7) is 4.78. The Morgan fingerprint density at radius 3 is 2.75 bits per heavy atom. The zero-order valence-corrected chi connectivity index (χ0v) is 13.9. The van der Waals surface area contributed by atoms with Gasteiger partial charge in [-0.3, -0.25) is 14.7 Å². The average molecular weight is 333 g/mol. The minimum Gasteiger partial charge on any atom is -0.480 e. The number of ether oxygens (including phenoxy) is 1. The van der Waals surface area contributed by atoms with Crippen molar-refractivity contribution in [1.29, 1.82) is 0 Å². The largest absolute Gasteiger partial charge is 0.480 e. The summed E-state index contributed by atoms with van der Waals surface area (Å²) in [5.41, 5.74) is -0.426. The van der Waals surface area contributed by atoms with Crippen LogP contribution in [0.5, 0.6) is 0 Å². The van der Waals surface area contributed by atoms with Crippen molar-refractivity contribution in [2.45, 2.75) is 38.0 Å². The van der Waals surface area contributed by atoms with Crippen LogP contribution in [0.4, 0.5) is 0 Å². The van der Waals surface area contributed by atoms with Gasteiger partial charge >= 0.3 is 5.97 Å². The maximum absolute atomic E-state index is 13.0. The fraction of sp³-hybridized carbons (Fsp3) is 0.588. The standard InChI is InChI=1S/C17H23N3O4/c1-2-8-19-9-5-17(6-10-19)20(14(12-24-17)16(22)23)15(21)13-4-3-7-18-11-13/h3-4,7,11,14H,2,5-6,8-10,12H2,1H3,(H,22,23)/t14-/m0/s1. The molecule has 1 amide bonds. The van der Waals surface area contributed by atoms with Gasteiger partial charge in [0.15, 0.2) is 6.04 Å². The topological polar surface area (TPSA) is 83.0 Å². The number of carboxylic acids is 1. The van der Waals surface area contributed by atoms with Crippen LogP contribution < -0.4 is 0 Å². The van der Waals surface area contributed by atoms with Crippen molar-refractivity contribution in [3.8, 4) is 0 Å². The summed E-state index contributed by atoms with van der Waals surface area (Å²) in [5, 5.41) is 9.53. The summed E-state index contributed by atoms with van der Waals surface area (Å²) in [4.78, 5) is 32.4. The van der Waals surface area contributed by atoms with E-state index >= 15 is 0 Å². The molecule has 0 radical (unpaired) electrons. The number of likely N-dealkylation sites (tertiary alicyclic amines) is 1. The lowest BCUT2D eigenvalue weighted by Gasteiger charge is -2.44. The first kappa shape index (κ1) is 16.9. The van der Waals surface area contributed by atoms with Gasteiger partial charge in [-0.25, -0.2) is 4.79 Å². The third kappa shape index (κ3) is 3.01. The number of nitrogens with zero attached hydrogens (tertiary/aromatic N) is 3. The van der Waals surface area contributed by atoms with Gasteiger partial charge in [0, 0.05) is 38.3 Å². The van der Waals surface area contributed by atoms with Gasteiger partial charge in [-0.15, -0.1) is 0 Å². The highest BCUT2D eigenvalue weighted by Crippen LogP contribution is 2.38. The number of carbonyl (C=O) groups excluding carboxylic acids is 1. The van der Waals surface area contributed by atoms with Crippen LogP contribution in [0.15, 0.2) is 24.5 Å². The molecule has 2 fully saturated rings. The summed E-state index contributed by atoms with van der Waals surface area (Å²) in [6.07, 6.45) is 5.39. The van der Waals surface area contributed by atoms with Crippen LogP contribution in [0.25, 0.3) is 0 Å². The molecule has 3 rings (SSSR count). The molecule has 7 heteroatoms. The van der Waals surface area contributed by atoms with Crippen LogP contribution in [0.2, 0.25) is 0 Å². The second-order valence-electron chi connectivity index (χ2n) is 6.37. The van der Waals surface area contributed by atoms with Crippen molar-refractivity contribution in [3.63, 3.8) is 0 Å². The van der Waals surface area contributed by atoms with E-state index in [2.05, 4.69) is 16.8 Å². The van der Waals surface area contributed by atoms with Crippen molar-refractivity contribution in [3.05, 3.63) is 30.1 Å². The maximum atomic E-state index is 13.0. The molecule has 1 N–H and O–H groups in total. The quantitative estimate of drug-likeness (QED) is 0.892. The second kappa shape index (κ2) is 6.86.